The average molecular weight is 226 g/mol. The third kappa shape index (κ3) is 2.17. The number of aromatic nitrogens is 1. The van der Waals surface area contributed by atoms with Crippen molar-refractivity contribution in [2.75, 3.05) is 0 Å². The fourth-order valence-electron chi connectivity index (χ4n) is 1.13. The van der Waals surface area contributed by atoms with Gasteiger partial charge in [0.05, 0.1) is 29.5 Å². The van der Waals surface area contributed by atoms with Crippen molar-refractivity contribution in [2.24, 2.45) is 0 Å². The zero-order valence-corrected chi connectivity index (χ0v) is 8.78. The van der Waals surface area contributed by atoms with Crippen molar-refractivity contribution in [3.8, 4) is 23.0 Å². The van der Waals surface area contributed by atoms with E-state index in [9.17, 15) is 0 Å². The van der Waals surface area contributed by atoms with Crippen LogP contribution >= 0.6 is 11.3 Å². The van der Waals surface area contributed by atoms with Gasteiger partial charge in [0, 0.05) is 0 Å². The molecule has 0 spiro atoms. The zero-order valence-electron chi connectivity index (χ0n) is 7.97. The first kappa shape index (κ1) is 10.2. The van der Waals surface area contributed by atoms with Gasteiger partial charge in [0.15, 0.2) is 5.51 Å². The van der Waals surface area contributed by atoms with Crippen LogP contribution in [-0.4, -0.2) is 4.98 Å². The van der Waals surface area contributed by atoms with Crippen LogP contribution in [0.4, 0.5) is 0 Å². The SMILES string of the molecule is N#Cc1cc(C#N)cc(Oc2cn[c]s2)c1. The van der Waals surface area contributed by atoms with E-state index in [4.69, 9.17) is 15.3 Å². The normalized spacial score (nSPS) is 9.12. The molecule has 2 aromatic rings. The molecule has 0 aliphatic carbocycles. The van der Waals surface area contributed by atoms with E-state index in [0.717, 1.165) is 0 Å². The highest BCUT2D eigenvalue weighted by atomic mass is 32.1. The summed E-state index contributed by atoms with van der Waals surface area (Å²) in [6.07, 6.45) is 1.52. The highest BCUT2D eigenvalue weighted by Gasteiger charge is 2.03. The van der Waals surface area contributed by atoms with Gasteiger partial charge in [0.25, 0.3) is 0 Å². The molecule has 1 aromatic carbocycles. The summed E-state index contributed by atoms with van der Waals surface area (Å²) in [6.45, 7) is 0. The summed E-state index contributed by atoms with van der Waals surface area (Å²) >= 11 is 1.22. The number of hydrogen-bond donors (Lipinski definition) is 0. The quantitative estimate of drug-likeness (QED) is 0.788. The van der Waals surface area contributed by atoms with E-state index < -0.39 is 0 Å². The highest BCUT2D eigenvalue weighted by Crippen LogP contribution is 2.26. The van der Waals surface area contributed by atoms with Gasteiger partial charge in [-0.05, 0) is 18.2 Å². The summed E-state index contributed by atoms with van der Waals surface area (Å²) in [4.78, 5) is 3.74. The highest BCUT2D eigenvalue weighted by molar-refractivity contribution is 7.11. The van der Waals surface area contributed by atoms with E-state index in [0.29, 0.717) is 21.9 Å². The zero-order chi connectivity index (χ0) is 11.4. The van der Waals surface area contributed by atoms with Crippen LogP contribution in [0.15, 0.2) is 24.4 Å². The van der Waals surface area contributed by atoms with Crippen molar-refractivity contribution >= 4 is 11.3 Å². The number of nitriles is 2. The Morgan fingerprint density at radius 1 is 1.19 bits per heavy atom. The Kier molecular flexibility index (Phi) is 2.81. The summed E-state index contributed by atoms with van der Waals surface area (Å²) < 4.78 is 5.43. The summed E-state index contributed by atoms with van der Waals surface area (Å²) in [6, 6.07) is 8.59. The number of nitrogens with zero attached hydrogens (tertiary/aromatic N) is 3. The standard InChI is InChI=1S/C11H4N3OS/c12-4-8-1-9(5-13)3-10(2-8)15-11-6-14-7-16-11/h1-3,6H. The fraction of sp³-hybridized carbons (Fsp3) is 0. The van der Waals surface area contributed by atoms with Gasteiger partial charge in [-0.15, -0.1) is 0 Å². The molecule has 5 heteroatoms. The van der Waals surface area contributed by atoms with Crippen molar-refractivity contribution in [1.29, 1.82) is 10.5 Å². The van der Waals surface area contributed by atoms with E-state index in [-0.39, 0.29) is 0 Å². The van der Waals surface area contributed by atoms with Crippen LogP contribution in [0.25, 0.3) is 0 Å². The molecule has 0 saturated heterocycles. The van der Waals surface area contributed by atoms with E-state index in [1.807, 2.05) is 12.1 Å². The van der Waals surface area contributed by atoms with E-state index in [2.05, 4.69) is 10.5 Å². The Hall–Kier alpha value is -2.37. The molecule has 0 aliphatic heterocycles. The lowest BCUT2D eigenvalue weighted by Gasteiger charge is -2.02. The second-order valence-corrected chi connectivity index (χ2v) is 3.63. The monoisotopic (exact) mass is 226 g/mol. The summed E-state index contributed by atoms with van der Waals surface area (Å²) in [7, 11) is 0. The molecule has 0 saturated carbocycles. The second-order valence-electron chi connectivity index (χ2n) is 2.84. The number of benzene rings is 1. The molecule has 0 amide bonds. The topological polar surface area (TPSA) is 69.7 Å². The maximum absolute atomic E-state index is 8.78. The van der Waals surface area contributed by atoms with Crippen molar-refractivity contribution in [3.05, 3.63) is 41.0 Å². The maximum atomic E-state index is 8.78. The predicted octanol–water partition coefficient (Wildman–Crippen LogP) is 2.48. The number of rotatable bonds is 2. The van der Waals surface area contributed by atoms with Crippen LogP contribution in [0.3, 0.4) is 0 Å². The minimum Gasteiger partial charge on any atom is -0.445 e. The summed E-state index contributed by atoms with van der Waals surface area (Å²) in [5.74, 6) is 0.452. The first-order chi connectivity index (χ1) is 7.81. The van der Waals surface area contributed by atoms with E-state index >= 15 is 0 Å². The first-order valence-corrected chi connectivity index (χ1v) is 5.08. The molecule has 16 heavy (non-hydrogen) atoms. The van der Waals surface area contributed by atoms with Crippen molar-refractivity contribution in [3.63, 3.8) is 0 Å². The number of hydrogen-bond acceptors (Lipinski definition) is 5. The van der Waals surface area contributed by atoms with Gasteiger partial charge in [0.1, 0.15) is 5.75 Å². The molecule has 0 unspecified atom stereocenters. The van der Waals surface area contributed by atoms with Gasteiger partial charge in [-0.2, -0.15) is 10.5 Å². The van der Waals surface area contributed by atoms with Gasteiger partial charge < -0.3 is 4.74 Å². The van der Waals surface area contributed by atoms with Crippen LogP contribution in [0.2, 0.25) is 0 Å². The average Bonchev–Trinajstić information content (AvgIpc) is 2.81. The van der Waals surface area contributed by atoms with E-state index in [1.165, 1.54) is 23.6 Å². The number of thiazole rings is 1. The Morgan fingerprint density at radius 3 is 2.38 bits per heavy atom. The third-order valence-corrected chi connectivity index (χ3v) is 2.34. The number of ether oxygens (including phenoxy) is 1. The van der Waals surface area contributed by atoms with Crippen LogP contribution in [0.5, 0.6) is 10.8 Å². The smallest absolute Gasteiger partial charge is 0.201 e. The lowest BCUT2D eigenvalue weighted by Crippen LogP contribution is -1.85. The van der Waals surface area contributed by atoms with Crippen LogP contribution in [0, 0.1) is 28.2 Å². The van der Waals surface area contributed by atoms with Gasteiger partial charge in [-0.1, -0.05) is 11.3 Å². The van der Waals surface area contributed by atoms with Gasteiger partial charge in [-0.25, -0.2) is 4.98 Å². The molecule has 0 fully saturated rings. The molecule has 0 bridgehead atoms. The predicted molar refractivity (Wildman–Crippen MR) is 56.9 cm³/mol. The molecule has 4 nitrogen and oxygen atoms in total. The van der Waals surface area contributed by atoms with Gasteiger partial charge in [0.2, 0.25) is 5.06 Å². The maximum Gasteiger partial charge on any atom is 0.201 e. The molecular weight excluding hydrogens is 222 g/mol. The molecule has 1 aromatic heterocycles. The molecule has 1 radical (unpaired) electrons. The van der Waals surface area contributed by atoms with Crippen LogP contribution < -0.4 is 4.74 Å². The largest absolute Gasteiger partial charge is 0.445 e. The molecule has 75 valence electrons. The lowest BCUT2D eigenvalue weighted by atomic mass is 10.1. The van der Waals surface area contributed by atoms with Crippen LogP contribution in [0.1, 0.15) is 11.1 Å². The molecule has 0 N–H and O–H groups in total. The Balaban J connectivity index is 2.35. The van der Waals surface area contributed by atoms with Gasteiger partial charge >= 0.3 is 0 Å². The minimum atomic E-state index is 0.391. The third-order valence-electron chi connectivity index (χ3n) is 1.75. The summed E-state index contributed by atoms with van der Waals surface area (Å²) in [5.41, 5.74) is 3.43. The Bertz CT molecular complexity index is 546. The van der Waals surface area contributed by atoms with Gasteiger partial charge in [-0.3, -0.25) is 0 Å². The molecule has 1 heterocycles. The van der Waals surface area contributed by atoms with Crippen LogP contribution in [-0.2, 0) is 0 Å². The van der Waals surface area contributed by atoms with Crippen molar-refractivity contribution in [1.82, 2.24) is 4.98 Å². The summed E-state index contributed by atoms with van der Waals surface area (Å²) in [5, 5.41) is 18.1. The van der Waals surface area contributed by atoms with E-state index in [1.54, 1.807) is 12.1 Å². The molecule has 0 aliphatic rings. The minimum absolute atomic E-state index is 0.391. The molecule has 0 atom stereocenters. The first-order valence-electron chi connectivity index (χ1n) is 4.27. The Labute approximate surface area is 96.0 Å². The molecular formula is C11H4N3OS. The fourth-order valence-corrected chi connectivity index (χ4v) is 1.57. The van der Waals surface area contributed by atoms with Crippen molar-refractivity contribution in [2.45, 2.75) is 0 Å². The Morgan fingerprint density at radius 2 is 1.88 bits per heavy atom. The second kappa shape index (κ2) is 4.43. The van der Waals surface area contributed by atoms with Crippen molar-refractivity contribution < 1.29 is 4.74 Å². The lowest BCUT2D eigenvalue weighted by molar-refractivity contribution is 0.495. The molecule has 2 rings (SSSR count).